The maximum atomic E-state index is 9.00. The molecule has 6 nitrogen and oxygen atoms in total. The minimum Gasteiger partial charge on any atom is -0.481 e. The van der Waals surface area contributed by atoms with Gasteiger partial charge in [0.1, 0.15) is 0 Å². The Labute approximate surface area is 75.2 Å². The third-order valence-corrected chi connectivity index (χ3v) is 0.406. The molecule has 0 spiro atoms. The van der Waals surface area contributed by atoms with E-state index in [1.807, 2.05) is 0 Å². The smallest absolute Gasteiger partial charge is 0.300 e. The van der Waals surface area contributed by atoms with Crippen LogP contribution in [0.15, 0.2) is 18.7 Å². The molecule has 6 heteroatoms. The van der Waals surface area contributed by atoms with Gasteiger partial charge in [-0.25, -0.2) is 4.98 Å². The molecule has 0 amide bonds. The molecule has 74 valence electrons. The number of rotatable bonds is 0. The van der Waals surface area contributed by atoms with Crippen LogP contribution in [0.1, 0.15) is 13.8 Å². The van der Waals surface area contributed by atoms with Crippen molar-refractivity contribution in [2.75, 3.05) is 0 Å². The first-order chi connectivity index (χ1) is 5.96. The topological polar surface area (TPSA) is 103 Å². The van der Waals surface area contributed by atoms with Crippen molar-refractivity contribution in [1.29, 1.82) is 0 Å². The van der Waals surface area contributed by atoms with Gasteiger partial charge in [0.15, 0.2) is 0 Å². The Morgan fingerprint density at radius 3 is 1.69 bits per heavy atom. The Morgan fingerprint density at radius 1 is 1.23 bits per heavy atom. The van der Waals surface area contributed by atoms with E-state index in [4.69, 9.17) is 19.8 Å². The highest BCUT2D eigenvalue weighted by Crippen LogP contribution is 1.62. The fourth-order valence-corrected chi connectivity index (χ4v) is 0.215. The van der Waals surface area contributed by atoms with Crippen molar-refractivity contribution in [2.24, 2.45) is 0 Å². The van der Waals surface area contributed by atoms with Crippen LogP contribution in [0.5, 0.6) is 0 Å². The molecule has 0 aliphatic heterocycles. The van der Waals surface area contributed by atoms with E-state index in [-0.39, 0.29) is 0 Å². The van der Waals surface area contributed by atoms with Crippen LogP contribution in [0.3, 0.4) is 0 Å². The van der Waals surface area contributed by atoms with Crippen molar-refractivity contribution in [3.63, 3.8) is 0 Å². The fourth-order valence-electron chi connectivity index (χ4n) is 0.215. The predicted molar refractivity (Wildman–Crippen MR) is 45.2 cm³/mol. The van der Waals surface area contributed by atoms with Gasteiger partial charge in [-0.1, -0.05) is 0 Å². The number of aromatic nitrogens is 2. The zero-order valence-corrected chi connectivity index (χ0v) is 7.39. The summed E-state index contributed by atoms with van der Waals surface area (Å²) in [6.45, 7) is 2.17. The van der Waals surface area contributed by atoms with E-state index in [0.717, 1.165) is 13.8 Å². The molecular weight excluding hydrogens is 176 g/mol. The van der Waals surface area contributed by atoms with Gasteiger partial charge in [0, 0.05) is 26.2 Å². The van der Waals surface area contributed by atoms with Gasteiger partial charge < -0.3 is 15.2 Å². The molecule has 3 N–H and O–H groups in total. The summed E-state index contributed by atoms with van der Waals surface area (Å²) < 4.78 is 0. The molecule has 0 aliphatic rings. The molecular formula is C7H12N2O4. The van der Waals surface area contributed by atoms with Gasteiger partial charge in [-0.2, -0.15) is 0 Å². The number of carboxylic acid groups (broad SMARTS) is 2. The van der Waals surface area contributed by atoms with E-state index < -0.39 is 11.9 Å². The largest absolute Gasteiger partial charge is 0.481 e. The second-order valence-electron chi connectivity index (χ2n) is 1.80. The van der Waals surface area contributed by atoms with Crippen LogP contribution in [-0.4, -0.2) is 32.1 Å². The number of aliphatic carboxylic acids is 2. The lowest BCUT2D eigenvalue weighted by Crippen LogP contribution is -1.78. The highest BCUT2D eigenvalue weighted by molar-refractivity contribution is 5.63. The van der Waals surface area contributed by atoms with Gasteiger partial charge in [0.2, 0.25) is 0 Å². The van der Waals surface area contributed by atoms with E-state index >= 15 is 0 Å². The fraction of sp³-hybridized carbons (Fsp3) is 0.286. The minimum atomic E-state index is -0.833. The van der Waals surface area contributed by atoms with Gasteiger partial charge in [0.25, 0.3) is 11.9 Å². The Morgan fingerprint density at radius 2 is 1.62 bits per heavy atom. The molecule has 1 heterocycles. The number of imidazole rings is 1. The molecule has 0 aromatic carbocycles. The lowest BCUT2D eigenvalue weighted by atomic mass is 10.9. The van der Waals surface area contributed by atoms with Crippen LogP contribution in [0.4, 0.5) is 0 Å². The van der Waals surface area contributed by atoms with E-state index in [1.54, 1.807) is 18.7 Å². The first-order valence-electron chi connectivity index (χ1n) is 3.28. The first kappa shape index (κ1) is 13.7. The van der Waals surface area contributed by atoms with Gasteiger partial charge in [-0.3, -0.25) is 9.59 Å². The Bertz CT molecular complexity index is 183. The number of carboxylic acids is 2. The quantitative estimate of drug-likeness (QED) is 0.552. The number of hydrogen-bond acceptors (Lipinski definition) is 3. The van der Waals surface area contributed by atoms with Crippen LogP contribution in [0, 0.1) is 0 Å². The molecule has 0 saturated carbocycles. The number of aromatic amines is 1. The number of hydrogen-bond donors (Lipinski definition) is 3. The van der Waals surface area contributed by atoms with Crippen molar-refractivity contribution >= 4 is 11.9 Å². The highest BCUT2D eigenvalue weighted by Gasteiger charge is 1.65. The van der Waals surface area contributed by atoms with Crippen molar-refractivity contribution in [3.8, 4) is 0 Å². The normalized spacial score (nSPS) is 6.92. The molecule has 1 aromatic heterocycles. The van der Waals surface area contributed by atoms with E-state index in [1.165, 1.54) is 0 Å². The highest BCUT2D eigenvalue weighted by atomic mass is 16.4. The maximum absolute atomic E-state index is 9.00. The number of nitrogens with one attached hydrogen (secondary N) is 1. The lowest BCUT2D eigenvalue weighted by Gasteiger charge is -1.59. The standard InChI is InChI=1S/C3H4N2.2C2H4O2/c1-2-5-3-4-1;2*1-2(3)4/h1-3H,(H,4,5);2*1H3,(H,3,4). The summed E-state index contributed by atoms with van der Waals surface area (Å²) in [5.41, 5.74) is 0. The average molecular weight is 188 g/mol. The van der Waals surface area contributed by atoms with Crippen LogP contribution in [-0.2, 0) is 9.59 Å². The summed E-state index contributed by atoms with van der Waals surface area (Å²) in [4.78, 5) is 24.4. The Balaban J connectivity index is 0. The average Bonchev–Trinajstić information content (AvgIpc) is 2.35. The van der Waals surface area contributed by atoms with Crippen LogP contribution in [0.2, 0.25) is 0 Å². The molecule has 0 radical (unpaired) electrons. The predicted octanol–water partition coefficient (Wildman–Crippen LogP) is 0.591. The van der Waals surface area contributed by atoms with Gasteiger partial charge in [0.05, 0.1) is 6.33 Å². The first-order valence-corrected chi connectivity index (χ1v) is 3.28. The molecule has 0 fully saturated rings. The second-order valence-corrected chi connectivity index (χ2v) is 1.80. The van der Waals surface area contributed by atoms with Crippen molar-refractivity contribution in [1.82, 2.24) is 9.97 Å². The van der Waals surface area contributed by atoms with Crippen molar-refractivity contribution in [3.05, 3.63) is 18.7 Å². The summed E-state index contributed by atoms with van der Waals surface area (Å²) in [5, 5.41) is 14.8. The monoisotopic (exact) mass is 188 g/mol. The van der Waals surface area contributed by atoms with Crippen molar-refractivity contribution < 1.29 is 19.8 Å². The SMILES string of the molecule is CC(=O)O.CC(=O)O.c1c[nH]cn1. The molecule has 0 bridgehead atoms. The molecule has 13 heavy (non-hydrogen) atoms. The van der Waals surface area contributed by atoms with Gasteiger partial charge in [-0.05, 0) is 0 Å². The number of H-pyrrole nitrogens is 1. The summed E-state index contributed by atoms with van der Waals surface area (Å²) >= 11 is 0. The molecule has 0 atom stereocenters. The molecule has 0 aliphatic carbocycles. The lowest BCUT2D eigenvalue weighted by molar-refractivity contribution is -0.135. The summed E-state index contributed by atoms with van der Waals surface area (Å²) in [5.74, 6) is -1.67. The van der Waals surface area contributed by atoms with E-state index in [9.17, 15) is 0 Å². The molecule has 1 aromatic rings. The number of nitrogens with zero attached hydrogens (tertiary/aromatic N) is 1. The van der Waals surface area contributed by atoms with Crippen LogP contribution in [0.25, 0.3) is 0 Å². The zero-order chi connectivity index (χ0) is 10.7. The van der Waals surface area contributed by atoms with Crippen molar-refractivity contribution in [2.45, 2.75) is 13.8 Å². The molecule has 0 saturated heterocycles. The maximum Gasteiger partial charge on any atom is 0.300 e. The molecule has 0 unspecified atom stereocenters. The van der Waals surface area contributed by atoms with Gasteiger partial charge in [-0.15, -0.1) is 0 Å². The second kappa shape index (κ2) is 10.2. The van der Waals surface area contributed by atoms with Gasteiger partial charge >= 0.3 is 0 Å². The van der Waals surface area contributed by atoms with Crippen LogP contribution < -0.4 is 0 Å². The summed E-state index contributed by atoms with van der Waals surface area (Å²) in [6.07, 6.45) is 5.08. The minimum absolute atomic E-state index is 0.833. The Kier molecular flexibility index (Phi) is 10.7. The number of carbonyl (C=O) groups is 2. The Hall–Kier alpha value is -1.85. The van der Waals surface area contributed by atoms with Crippen LogP contribution >= 0.6 is 0 Å². The summed E-state index contributed by atoms with van der Waals surface area (Å²) in [7, 11) is 0. The zero-order valence-electron chi connectivity index (χ0n) is 7.39. The van der Waals surface area contributed by atoms with E-state index in [2.05, 4.69) is 9.97 Å². The van der Waals surface area contributed by atoms with E-state index in [0.29, 0.717) is 0 Å². The third kappa shape index (κ3) is 67.9. The molecule has 1 rings (SSSR count). The third-order valence-electron chi connectivity index (χ3n) is 0.406. The summed E-state index contributed by atoms with van der Waals surface area (Å²) in [6, 6.07) is 0.